The minimum absolute atomic E-state index is 0. The molecule has 0 saturated carbocycles. The summed E-state index contributed by atoms with van der Waals surface area (Å²) in [5.74, 6) is 0.0571. The van der Waals surface area contributed by atoms with Crippen molar-refractivity contribution in [3.63, 3.8) is 0 Å². The summed E-state index contributed by atoms with van der Waals surface area (Å²) in [7, 11) is 1.89. The van der Waals surface area contributed by atoms with Crippen LogP contribution in [0.5, 0.6) is 0 Å². The van der Waals surface area contributed by atoms with E-state index in [-0.39, 0.29) is 18.3 Å². The Morgan fingerprint density at radius 3 is 2.30 bits per heavy atom. The van der Waals surface area contributed by atoms with E-state index in [1.165, 1.54) is 0 Å². The van der Waals surface area contributed by atoms with Gasteiger partial charge in [-0.15, -0.1) is 12.4 Å². The molecular weight excluding hydrogens is 403 g/mol. The quantitative estimate of drug-likeness (QED) is 0.639. The second kappa shape index (κ2) is 9.29. The van der Waals surface area contributed by atoms with E-state index in [1.807, 2.05) is 36.2 Å². The van der Waals surface area contributed by atoms with Crippen molar-refractivity contribution in [1.82, 2.24) is 9.80 Å². The van der Waals surface area contributed by atoms with Gasteiger partial charge < -0.3 is 4.90 Å². The standard InChI is InChI=1S/C21H24Cl2N2O.ClH/c1-21(25-12-6-7-13-25,17-8-4-3-5-9-17)24(2)20(26)15-16-10-11-18(22)19(23)14-16;/h3-5,8-11,14H,6-7,12-13,15H2,1-2H3;1H/t21-;/m1./s1. The van der Waals surface area contributed by atoms with Gasteiger partial charge in [0.25, 0.3) is 0 Å². The molecular formula is C21H25Cl3N2O. The summed E-state index contributed by atoms with van der Waals surface area (Å²) >= 11 is 12.1. The van der Waals surface area contributed by atoms with Gasteiger partial charge in [0, 0.05) is 20.1 Å². The predicted molar refractivity (Wildman–Crippen MR) is 115 cm³/mol. The van der Waals surface area contributed by atoms with Gasteiger partial charge in [0.05, 0.1) is 16.5 Å². The lowest BCUT2D eigenvalue weighted by Crippen LogP contribution is -2.56. The van der Waals surface area contributed by atoms with Crippen LogP contribution in [0.3, 0.4) is 0 Å². The fourth-order valence-corrected chi connectivity index (χ4v) is 4.00. The van der Waals surface area contributed by atoms with E-state index < -0.39 is 5.66 Å². The Balaban J connectivity index is 0.00000261. The van der Waals surface area contributed by atoms with Crippen LogP contribution in [0.15, 0.2) is 48.5 Å². The Bertz CT molecular complexity index is 778. The molecule has 1 amide bonds. The highest BCUT2D eigenvalue weighted by Crippen LogP contribution is 2.34. The minimum atomic E-state index is -0.467. The zero-order valence-corrected chi connectivity index (χ0v) is 17.9. The first-order chi connectivity index (χ1) is 12.4. The lowest BCUT2D eigenvalue weighted by atomic mass is 9.97. The van der Waals surface area contributed by atoms with Crippen molar-refractivity contribution in [2.75, 3.05) is 20.1 Å². The molecule has 0 N–H and O–H groups in total. The van der Waals surface area contributed by atoms with Gasteiger partial charge in [-0.1, -0.05) is 59.6 Å². The second-order valence-electron chi connectivity index (χ2n) is 6.96. The summed E-state index contributed by atoms with van der Waals surface area (Å²) in [6.07, 6.45) is 2.62. The number of amides is 1. The molecule has 1 aliphatic heterocycles. The normalized spacial score (nSPS) is 16.4. The molecule has 3 rings (SSSR count). The number of hydrogen-bond donors (Lipinski definition) is 0. The highest BCUT2D eigenvalue weighted by molar-refractivity contribution is 6.42. The van der Waals surface area contributed by atoms with Crippen LogP contribution >= 0.6 is 35.6 Å². The zero-order chi connectivity index (χ0) is 18.7. The second-order valence-corrected chi connectivity index (χ2v) is 7.77. The molecule has 27 heavy (non-hydrogen) atoms. The van der Waals surface area contributed by atoms with Crippen molar-refractivity contribution in [3.8, 4) is 0 Å². The molecule has 0 spiro atoms. The summed E-state index contributed by atoms with van der Waals surface area (Å²) in [6.45, 7) is 4.13. The van der Waals surface area contributed by atoms with Gasteiger partial charge in [-0.3, -0.25) is 9.69 Å². The summed E-state index contributed by atoms with van der Waals surface area (Å²) < 4.78 is 0. The third-order valence-corrected chi connectivity index (χ3v) is 6.15. The third-order valence-electron chi connectivity index (χ3n) is 5.41. The van der Waals surface area contributed by atoms with Crippen molar-refractivity contribution in [3.05, 3.63) is 69.7 Å². The predicted octanol–water partition coefficient (Wildman–Crippen LogP) is 5.38. The highest BCUT2D eigenvalue weighted by Gasteiger charge is 2.41. The van der Waals surface area contributed by atoms with Crippen LogP contribution in [0.25, 0.3) is 0 Å². The van der Waals surface area contributed by atoms with E-state index in [0.717, 1.165) is 37.1 Å². The van der Waals surface area contributed by atoms with Gasteiger partial charge in [0.15, 0.2) is 0 Å². The smallest absolute Gasteiger partial charge is 0.228 e. The Hall–Kier alpha value is -1.26. The number of halogens is 3. The van der Waals surface area contributed by atoms with E-state index in [2.05, 4.69) is 24.0 Å². The van der Waals surface area contributed by atoms with Crippen LogP contribution in [0.4, 0.5) is 0 Å². The van der Waals surface area contributed by atoms with Crippen molar-refractivity contribution in [1.29, 1.82) is 0 Å². The molecule has 1 heterocycles. The molecule has 2 aromatic carbocycles. The summed E-state index contributed by atoms with van der Waals surface area (Å²) in [5.41, 5.74) is 1.53. The van der Waals surface area contributed by atoms with E-state index in [9.17, 15) is 4.79 Å². The van der Waals surface area contributed by atoms with E-state index in [4.69, 9.17) is 23.2 Å². The molecule has 1 fully saturated rings. The van der Waals surface area contributed by atoms with Crippen LogP contribution < -0.4 is 0 Å². The Labute approximate surface area is 177 Å². The lowest BCUT2D eigenvalue weighted by Gasteiger charge is -2.46. The minimum Gasteiger partial charge on any atom is -0.323 e. The van der Waals surface area contributed by atoms with Crippen molar-refractivity contribution < 1.29 is 4.79 Å². The first-order valence-electron chi connectivity index (χ1n) is 8.94. The maximum atomic E-state index is 13.1. The fraction of sp³-hybridized carbons (Fsp3) is 0.381. The average Bonchev–Trinajstić information content (AvgIpc) is 3.19. The molecule has 0 aromatic heterocycles. The highest BCUT2D eigenvalue weighted by atomic mass is 35.5. The number of likely N-dealkylation sites (N-methyl/N-ethyl adjacent to an activating group) is 1. The van der Waals surface area contributed by atoms with Crippen LogP contribution in [0, 0.1) is 0 Å². The lowest BCUT2D eigenvalue weighted by molar-refractivity contribution is -0.143. The number of carbonyl (C=O) groups is 1. The van der Waals surface area contributed by atoms with Crippen molar-refractivity contribution in [2.24, 2.45) is 0 Å². The summed E-state index contributed by atoms with van der Waals surface area (Å²) in [4.78, 5) is 17.4. The van der Waals surface area contributed by atoms with Crippen LogP contribution in [0.1, 0.15) is 30.9 Å². The number of likely N-dealkylation sites (tertiary alicyclic amines) is 1. The summed E-state index contributed by atoms with van der Waals surface area (Å²) in [5, 5.41) is 0.979. The van der Waals surface area contributed by atoms with Gasteiger partial charge in [-0.25, -0.2) is 0 Å². The largest absolute Gasteiger partial charge is 0.323 e. The topological polar surface area (TPSA) is 23.6 Å². The number of hydrogen-bond acceptors (Lipinski definition) is 2. The van der Waals surface area contributed by atoms with Crippen molar-refractivity contribution >= 4 is 41.5 Å². The molecule has 146 valence electrons. The molecule has 6 heteroatoms. The van der Waals surface area contributed by atoms with E-state index in [0.29, 0.717) is 16.5 Å². The van der Waals surface area contributed by atoms with Gasteiger partial charge in [-0.2, -0.15) is 0 Å². The molecule has 1 aliphatic rings. The fourth-order valence-electron chi connectivity index (χ4n) is 3.68. The Morgan fingerprint density at radius 2 is 1.70 bits per heavy atom. The van der Waals surface area contributed by atoms with Gasteiger partial charge in [-0.05, 0) is 43.0 Å². The molecule has 0 bridgehead atoms. The number of rotatable bonds is 5. The molecule has 0 radical (unpaired) electrons. The average molecular weight is 428 g/mol. The van der Waals surface area contributed by atoms with Crippen molar-refractivity contribution in [2.45, 2.75) is 31.8 Å². The maximum absolute atomic E-state index is 13.1. The maximum Gasteiger partial charge on any atom is 0.228 e. The van der Waals surface area contributed by atoms with E-state index in [1.54, 1.807) is 12.1 Å². The molecule has 1 atom stereocenters. The Morgan fingerprint density at radius 1 is 1.07 bits per heavy atom. The first kappa shape index (κ1) is 22.0. The summed E-state index contributed by atoms with van der Waals surface area (Å²) in [6, 6.07) is 15.6. The number of benzene rings is 2. The van der Waals surface area contributed by atoms with E-state index >= 15 is 0 Å². The van der Waals surface area contributed by atoms with Crippen LogP contribution in [0.2, 0.25) is 10.0 Å². The SMILES string of the molecule is CN(C(=O)Cc1ccc(Cl)c(Cl)c1)[C@@](C)(c1ccccc1)N1CCCC1.Cl. The number of carbonyl (C=O) groups excluding carboxylic acids is 1. The molecule has 0 aliphatic carbocycles. The first-order valence-corrected chi connectivity index (χ1v) is 9.69. The Kier molecular flexibility index (Phi) is 7.58. The molecule has 3 nitrogen and oxygen atoms in total. The third kappa shape index (κ3) is 4.60. The van der Waals surface area contributed by atoms with Gasteiger partial charge >= 0.3 is 0 Å². The number of nitrogens with zero attached hydrogens (tertiary/aromatic N) is 2. The van der Waals surface area contributed by atoms with Gasteiger partial charge in [0.1, 0.15) is 5.66 Å². The van der Waals surface area contributed by atoms with Crippen LogP contribution in [-0.4, -0.2) is 35.8 Å². The van der Waals surface area contributed by atoms with Crippen LogP contribution in [-0.2, 0) is 16.9 Å². The monoisotopic (exact) mass is 426 g/mol. The zero-order valence-electron chi connectivity index (χ0n) is 15.6. The van der Waals surface area contributed by atoms with Gasteiger partial charge in [0.2, 0.25) is 5.91 Å². The molecule has 1 saturated heterocycles. The molecule has 2 aromatic rings. The molecule has 0 unspecified atom stereocenters.